The van der Waals surface area contributed by atoms with Crippen LogP contribution in [-0.2, 0) is 21.0 Å². The van der Waals surface area contributed by atoms with Gasteiger partial charge < -0.3 is 15.1 Å². The molecule has 2 heterocycles. The second kappa shape index (κ2) is 7.47. The summed E-state index contributed by atoms with van der Waals surface area (Å²) >= 11 is 0. The first kappa shape index (κ1) is 20.5. The first-order valence-electron chi connectivity index (χ1n) is 9.24. The minimum atomic E-state index is -4.63. The summed E-state index contributed by atoms with van der Waals surface area (Å²) in [6.45, 7) is 1.85. The summed E-state index contributed by atoms with van der Waals surface area (Å²) in [5.41, 5.74) is -0.215. The SMILES string of the molecule is O=C([C@H]1Nc2cc(C(F)(F)F)ccc2S(=O)(=O)N1)N1CCN(c2ccccc2)CC1. The zero-order chi connectivity index (χ0) is 21.5. The van der Waals surface area contributed by atoms with Crippen LogP contribution in [0.4, 0.5) is 24.5 Å². The highest BCUT2D eigenvalue weighted by atomic mass is 32.2. The molecule has 2 N–H and O–H groups in total. The number of sulfonamides is 1. The lowest BCUT2D eigenvalue weighted by atomic mass is 10.2. The van der Waals surface area contributed by atoms with Gasteiger partial charge in [0, 0.05) is 31.9 Å². The number of halogens is 3. The smallest absolute Gasteiger partial charge is 0.368 e. The lowest BCUT2D eigenvalue weighted by Gasteiger charge is -2.38. The van der Waals surface area contributed by atoms with E-state index in [4.69, 9.17) is 0 Å². The Kier molecular flexibility index (Phi) is 5.10. The van der Waals surface area contributed by atoms with Gasteiger partial charge in [-0.1, -0.05) is 18.2 Å². The van der Waals surface area contributed by atoms with Crippen molar-refractivity contribution in [1.82, 2.24) is 9.62 Å². The molecule has 0 bridgehead atoms. The number of hydrogen-bond donors (Lipinski definition) is 2. The van der Waals surface area contributed by atoms with Crippen LogP contribution in [0.25, 0.3) is 0 Å². The highest BCUT2D eigenvalue weighted by molar-refractivity contribution is 7.89. The number of hydrogen-bond acceptors (Lipinski definition) is 5. The van der Waals surface area contributed by atoms with Crippen LogP contribution in [0.15, 0.2) is 53.4 Å². The van der Waals surface area contributed by atoms with Crippen LogP contribution in [0, 0.1) is 0 Å². The molecule has 0 aromatic heterocycles. The summed E-state index contributed by atoms with van der Waals surface area (Å²) in [7, 11) is -4.13. The van der Waals surface area contributed by atoms with E-state index in [1.165, 1.54) is 4.90 Å². The number of anilines is 2. The van der Waals surface area contributed by atoms with Gasteiger partial charge in [-0.15, -0.1) is 0 Å². The molecule has 2 aliphatic rings. The molecule has 30 heavy (non-hydrogen) atoms. The molecule has 2 aliphatic heterocycles. The molecule has 2 aromatic carbocycles. The second-order valence-corrected chi connectivity index (χ2v) is 8.74. The van der Waals surface area contributed by atoms with E-state index in [0.29, 0.717) is 38.3 Å². The molecule has 4 rings (SSSR count). The molecule has 0 aliphatic carbocycles. The maximum Gasteiger partial charge on any atom is 0.416 e. The number of carbonyl (C=O) groups excluding carboxylic acids is 1. The normalized spacial score (nSPS) is 21.0. The Morgan fingerprint density at radius 2 is 1.67 bits per heavy atom. The van der Waals surface area contributed by atoms with Gasteiger partial charge in [-0.2, -0.15) is 17.9 Å². The summed E-state index contributed by atoms with van der Waals surface area (Å²) in [6.07, 6.45) is -5.99. The van der Waals surface area contributed by atoms with Crippen LogP contribution in [0.1, 0.15) is 5.56 Å². The highest BCUT2D eigenvalue weighted by Gasteiger charge is 2.38. The van der Waals surface area contributed by atoms with E-state index in [0.717, 1.165) is 11.8 Å². The molecule has 1 amide bonds. The van der Waals surface area contributed by atoms with Crippen molar-refractivity contribution in [3.63, 3.8) is 0 Å². The molecule has 0 radical (unpaired) electrons. The van der Waals surface area contributed by atoms with Gasteiger partial charge in [0.1, 0.15) is 4.90 Å². The topological polar surface area (TPSA) is 81.7 Å². The van der Waals surface area contributed by atoms with Crippen molar-refractivity contribution < 1.29 is 26.4 Å². The van der Waals surface area contributed by atoms with Gasteiger partial charge in [0.15, 0.2) is 6.17 Å². The number of carbonyl (C=O) groups is 1. The van der Waals surface area contributed by atoms with E-state index in [1.807, 2.05) is 30.3 Å². The predicted molar refractivity (Wildman–Crippen MR) is 104 cm³/mol. The third kappa shape index (κ3) is 3.94. The van der Waals surface area contributed by atoms with Crippen LogP contribution in [0.5, 0.6) is 0 Å². The quantitative estimate of drug-likeness (QED) is 0.748. The van der Waals surface area contributed by atoms with Gasteiger partial charge in [-0.3, -0.25) is 4.79 Å². The minimum absolute atomic E-state index is 0.246. The third-order valence-corrected chi connectivity index (χ3v) is 6.61. The van der Waals surface area contributed by atoms with Crippen LogP contribution >= 0.6 is 0 Å². The number of nitrogens with one attached hydrogen (secondary N) is 2. The Hall–Kier alpha value is -2.79. The molecule has 1 fully saturated rings. The number of alkyl halides is 3. The molecule has 11 heteroatoms. The monoisotopic (exact) mass is 440 g/mol. The zero-order valence-corrected chi connectivity index (χ0v) is 16.5. The maximum absolute atomic E-state index is 13.0. The van der Waals surface area contributed by atoms with E-state index in [2.05, 4.69) is 14.9 Å². The van der Waals surface area contributed by atoms with Crippen molar-refractivity contribution in [2.75, 3.05) is 36.4 Å². The van der Waals surface area contributed by atoms with Crippen LogP contribution < -0.4 is 14.9 Å². The van der Waals surface area contributed by atoms with Crippen molar-refractivity contribution >= 4 is 27.3 Å². The van der Waals surface area contributed by atoms with Gasteiger partial charge in [0.25, 0.3) is 5.91 Å². The molecule has 160 valence electrons. The molecule has 1 saturated heterocycles. The molecular weight excluding hydrogens is 421 g/mol. The van der Waals surface area contributed by atoms with Crippen LogP contribution in [0.3, 0.4) is 0 Å². The van der Waals surface area contributed by atoms with E-state index in [-0.39, 0.29) is 10.6 Å². The number of nitrogens with zero attached hydrogens (tertiary/aromatic N) is 2. The number of fused-ring (bicyclic) bond motifs is 1. The molecule has 0 saturated carbocycles. The van der Waals surface area contributed by atoms with Crippen LogP contribution in [-0.4, -0.2) is 51.6 Å². The fourth-order valence-corrected chi connectivity index (χ4v) is 4.83. The largest absolute Gasteiger partial charge is 0.416 e. The summed E-state index contributed by atoms with van der Waals surface area (Å²) in [6, 6.07) is 12.0. The average molecular weight is 440 g/mol. The van der Waals surface area contributed by atoms with Crippen molar-refractivity contribution in [3.05, 3.63) is 54.1 Å². The van der Waals surface area contributed by atoms with Gasteiger partial charge in [-0.05, 0) is 30.3 Å². The Morgan fingerprint density at radius 1 is 1.00 bits per heavy atom. The predicted octanol–water partition coefficient (Wildman–Crippen LogP) is 2.08. The molecule has 7 nitrogen and oxygen atoms in total. The van der Waals surface area contributed by atoms with E-state index in [9.17, 15) is 26.4 Å². The number of rotatable bonds is 2. The minimum Gasteiger partial charge on any atom is -0.368 e. The standard InChI is InChI=1S/C19H19F3N4O3S/c20-19(21,22)13-6-7-16-15(12-13)23-17(24-30(16,28)29)18(27)26-10-8-25(9-11-26)14-4-2-1-3-5-14/h1-7,12,17,23-24H,8-11H2/t17-/m0/s1. The number of para-hydroxylation sites is 1. The average Bonchev–Trinajstić information content (AvgIpc) is 2.72. The first-order chi connectivity index (χ1) is 14.1. The summed E-state index contributed by atoms with van der Waals surface area (Å²) in [5, 5.41) is 2.61. The van der Waals surface area contributed by atoms with Gasteiger partial charge >= 0.3 is 6.18 Å². The van der Waals surface area contributed by atoms with E-state index < -0.39 is 33.8 Å². The van der Waals surface area contributed by atoms with Crippen molar-refractivity contribution in [3.8, 4) is 0 Å². The molecular formula is C19H19F3N4O3S. The number of amides is 1. The number of benzene rings is 2. The Bertz CT molecular complexity index is 1050. The fraction of sp³-hybridized carbons (Fsp3) is 0.316. The fourth-order valence-electron chi connectivity index (χ4n) is 3.58. The summed E-state index contributed by atoms with van der Waals surface area (Å²) in [5.74, 6) is -0.533. The van der Waals surface area contributed by atoms with Crippen LogP contribution in [0.2, 0.25) is 0 Å². The van der Waals surface area contributed by atoms with Crippen molar-refractivity contribution in [2.45, 2.75) is 17.2 Å². The van der Waals surface area contributed by atoms with Gasteiger partial charge in [0.2, 0.25) is 10.0 Å². The highest BCUT2D eigenvalue weighted by Crippen LogP contribution is 2.35. The molecule has 1 atom stereocenters. The third-order valence-electron chi connectivity index (χ3n) is 5.13. The van der Waals surface area contributed by atoms with Crippen molar-refractivity contribution in [1.29, 1.82) is 0 Å². The van der Waals surface area contributed by atoms with E-state index in [1.54, 1.807) is 0 Å². The lowest BCUT2D eigenvalue weighted by Crippen LogP contribution is -2.58. The zero-order valence-electron chi connectivity index (χ0n) is 15.7. The van der Waals surface area contributed by atoms with Gasteiger partial charge in [0.05, 0.1) is 11.3 Å². The summed E-state index contributed by atoms with van der Waals surface area (Å²) in [4.78, 5) is 16.1. The summed E-state index contributed by atoms with van der Waals surface area (Å²) < 4.78 is 66.1. The maximum atomic E-state index is 13.0. The Balaban J connectivity index is 1.50. The van der Waals surface area contributed by atoms with Crippen molar-refractivity contribution in [2.24, 2.45) is 0 Å². The molecule has 2 aromatic rings. The first-order valence-corrected chi connectivity index (χ1v) is 10.7. The van der Waals surface area contributed by atoms with Gasteiger partial charge in [-0.25, -0.2) is 8.42 Å². The Morgan fingerprint density at radius 3 is 2.30 bits per heavy atom. The number of piperazine rings is 1. The molecule has 0 spiro atoms. The molecule has 0 unspecified atom stereocenters. The van der Waals surface area contributed by atoms with E-state index >= 15 is 0 Å². The Labute approximate surface area is 171 Å². The second-order valence-electron chi connectivity index (χ2n) is 7.06. The lowest BCUT2D eigenvalue weighted by molar-refractivity contribution is -0.137.